The number of H-pyrrole nitrogens is 1. The van der Waals surface area contributed by atoms with Gasteiger partial charge in [-0.1, -0.05) is 24.3 Å². The first-order valence-electron chi connectivity index (χ1n) is 8.22. The van der Waals surface area contributed by atoms with E-state index in [0.29, 0.717) is 11.2 Å². The van der Waals surface area contributed by atoms with E-state index in [9.17, 15) is 14.0 Å². The Morgan fingerprint density at radius 1 is 1.18 bits per heavy atom. The van der Waals surface area contributed by atoms with Gasteiger partial charge in [0, 0.05) is 45.9 Å². The fraction of sp³-hybridized carbons (Fsp3) is 0. The number of primary amides is 1. The normalized spacial score (nSPS) is 11.3. The van der Waals surface area contributed by atoms with Crippen molar-refractivity contribution in [2.24, 2.45) is 5.73 Å². The van der Waals surface area contributed by atoms with Gasteiger partial charge >= 0.3 is 0 Å². The second kappa shape index (κ2) is 7.16. The maximum absolute atomic E-state index is 13.0. The van der Waals surface area contributed by atoms with Crippen LogP contribution in [-0.4, -0.2) is 26.6 Å². The summed E-state index contributed by atoms with van der Waals surface area (Å²) in [4.78, 5) is 34.3. The van der Waals surface area contributed by atoms with E-state index in [1.807, 2.05) is 6.07 Å². The molecular formula is C20H13FN4O2S. The third-order valence-corrected chi connectivity index (χ3v) is 4.95. The summed E-state index contributed by atoms with van der Waals surface area (Å²) < 4.78 is 13.0. The number of halogens is 1. The van der Waals surface area contributed by atoms with Crippen LogP contribution in [0.4, 0.5) is 4.39 Å². The van der Waals surface area contributed by atoms with Crippen LogP contribution < -0.4 is 5.73 Å². The number of aromatic amines is 1. The molecule has 1 aromatic carbocycles. The first-order valence-corrected chi connectivity index (χ1v) is 9.10. The summed E-state index contributed by atoms with van der Waals surface area (Å²) in [7, 11) is 0. The molecule has 4 aromatic rings. The van der Waals surface area contributed by atoms with Crippen LogP contribution in [0, 0.1) is 5.95 Å². The van der Waals surface area contributed by atoms with Gasteiger partial charge in [0.15, 0.2) is 5.01 Å². The monoisotopic (exact) mass is 392 g/mol. The molecule has 8 heteroatoms. The number of benzene rings is 1. The largest absolute Gasteiger partial charge is 0.366 e. The second-order valence-corrected chi connectivity index (χ2v) is 6.84. The van der Waals surface area contributed by atoms with Crippen LogP contribution in [0.2, 0.25) is 0 Å². The minimum atomic E-state index is -0.656. The number of carbonyl (C=O) groups excluding carboxylic acids is 2. The number of ketones is 1. The molecule has 0 unspecified atom stereocenters. The maximum atomic E-state index is 13.0. The number of carbonyl (C=O) groups is 2. The van der Waals surface area contributed by atoms with Gasteiger partial charge in [-0.25, -0.2) is 9.97 Å². The Hall–Kier alpha value is -3.65. The lowest BCUT2D eigenvalue weighted by atomic mass is 10.0. The van der Waals surface area contributed by atoms with E-state index in [-0.39, 0.29) is 10.8 Å². The molecule has 0 aliphatic rings. The van der Waals surface area contributed by atoms with Crippen molar-refractivity contribution in [1.82, 2.24) is 15.0 Å². The zero-order chi connectivity index (χ0) is 19.7. The molecule has 4 rings (SSSR count). The quantitative estimate of drug-likeness (QED) is 0.400. The lowest BCUT2D eigenvalue weighted by molar-refractivity contribution is -0.113. The Kier molecular flexibility index (Phi) is 4.54. The molecule has 1 amide bonds. The number of fused-ring (bicyclic) bond motifs is 1. The third-order valence-electron chi connectivity index (χ3n) is 4.14. The number of nitrogens with zero attached hydrogens (tertiary/aromatic N) is 2. The highest BCUT2D eigenvalue weighted by atomic mass is 32.1. The van der Waals surface area contributed by atoms with Gasteiger partial charge in [0.2, 0.25) is 17.6 Å². The van der Waals surface area contributed by atoms with Gasteiger partial charge in [0.05, 0.1) is 0 Å². The molecule has 3 N–H and O–H groups in total. The molecular weight excluding hydrogens is 379 g/mol. The van der Waals surface area contributed by atoms with E-state index >= 15 is 0 Å². The number of pyridine rings is 1. The Morgan fingerprint density at radius 3 is 2.64 bits per heavy atom. The van der Waals surface area contributed by atoms with Crippen molar-refractivity contribution >= 4 is 40.1 Å². The van der Waals surface area contributed by atoms with E-state index in [4.69, 9.17) is 5.73 Å². The van der Waals surface area contributed by atoms with Crippen LogP contribution in [0.15, 0.2) is 54.2 Å². The third kappa shape index (κ3) is 3.45. The average Bonchev–Trinajstić information content (AvgIpc) is 3.31. The SMILES string of the molecule is NC(=O)/C=C/c1c[nH]c2ncc(-c3ccc(C(=O)c4nc(F)cs4)cc3)cc12. The summed E-state index contributed by atoms with van der Waals surface area (Å²) >= 11 is 0.975. The molecule has 138 valence electrons. The zero-order valence-electron chi connectivity index (χ0n) is 14.3. The van der Waals surface area contributed by atoms with Crippen LogP contribution in [0.25, 0.3) is 28.2 Å². The lowest BCUT2D eigenvalue weighted by Crippen LogP contribution is -2.04. The Balaban J connectivity index is 1.65. The molecule has 0 saturated heterocycles. The van der Waals surface area contributed by atoms with Gasteiger partial charge in [0.1, 0.15) is 5.65 Å². The summed E-state index contributed by atoms with van der Waals surface area (Å²) in [6.07, 6.45) is 6.38. The minimum absolute atomic E-state index is 0.117. The molecule has 3 aromatic heterocycles. The number of nitrogens with one attached hydrogen (secondary N) is 1. The van der Waals surface area contributed by atoms with E-state index in [1.54, 1.807) is 42.7 Å². The zero-order valence-corrected chi connectivity index (χ0v) is 15.2. The Morgan fingerprint density at radius 2 is 1.96 bits per heavy atom. The molecule has 0 saturated carbocycles. The molecule has 0 atom stereocenters. The smallest absolute Gasteiger partial charge is 0.241 e. The molecule has 0 spiro atoms. The minimum Gasteiger partial charge on any atom is -0.366 e. The van der Waals surface area contributed by atoms with Gasteiger partial charge in [0.25, 0.3) is 0 Å². The lowest BCUT2D eigenvalue weighted by Gasteiger charge is -2.04. The topological polar surface area (TPSA) is 102 Å². The summed E-state index contributed by atoms with van der Waals surface area (Å²) in [6.45, 7) is 0. The van der Waals surface area contributed by atoms with Crippen LogP contribution in [0.3, 0.4) is 0 Å². The van der Waals surface area contributed by atoms with Gasteiger partial charge in [-0.3, -0.25) is 9.59 Å². The highest BCUT2D eigenvalue weighted by molar-refractivity contribution is 7.11. The van der Waals surface area contributed by atoms with Gasteiger partial charge in [-0.05, 0) is 17.7 Å². The van der Waals surface area contributed by atoms with Crippen molar-refractivity contribution in [3.05, 3.63) is 76.3 Å². The molecule has 0 aliphatic carbocycles. The van der Waals surface area contributed by atoms with Crippen LogP contribution >= 0.6 is 11.3 Å². The first-order chi connectivity index (χ1) is 13.5. The standard InChI is InChI=1S/C20H13FN4O2S/c21-16-10-28-20(25-16)18(27)12-3-1-11(2-4-12)14-7-15-13(5-6-17(22)26)8-23-19(15)24-9-14/h1-10H,(H2,22,26)(H,23,24)/b6-5+. The Bertz CT molecular complexity index is 1220. The first kappa shape index (κ1) is 17.7. The predicted molar refractivity (Wildman–Crippen MR) is 105 cm³/mol. The molecule has 3 heterocycles. The van der Waals surface area contributed by atoms with Crippen LogP contribution in [-0.2, 0) is 4.79 Å². The van der Waals surface area contributed by atoms with E-state index in [2.05, 4.69) is 15.0 Å². The maximum Gasteiger partial charge on any atom is 0.241 e. The van der Waals surface area contributed by atoms with E-state index in [1.165, 1.54) is 11.5 Å². The number of rotatable bonds is 5. The van der Waals surface area contributed by atoms with Crippen molar-refractivity contribution < 1.29 is 14.0 Å². The molecule has 28 heavy (non-hydrogen) atoms. The number of hydrogen-bond donors (Lipinski definition) is 2. The number of nitrogens with two attached hydrogens (primary N) is 1. The van der Waals surface area contributed by atoms with E-state index < -0.39 is 11.9 Å². The molecule has 0 radical (unpaired) electrons. The fourth-order valence-corrected chi connectivity index (χ4v) is 3.41. The molecule has 0 aliphatic heterocycles. The van der Waals surface area contributed by atoms with Crippen LogP contribution in [0.1, 0.15) is 20.9 Å². The van der Waals surface area contributed by atoms with Crippen molar-refractivity contribution in [3.63, 3.8) is 0 Å². The average molecular weight is 392 g/mol. The van der Waals surface area contributed by atoms with Crippen LogP contribution in [0.5, 0.6) is 0 Å². The van der Waals surface area contributed by atoms with Crippen molar-refractivity contribution in [2.75, 3.05) is 0 Å². The number of thiazole rings is 1. The summed E-state index contributed by atoms with van der Waals surface area (Å²) in [5, 5.41) is 2.16. The number of hydrogen-bond acceptors (Lipinski definition) is 5. The van der Waals surface area contributed by atoms with Crippen molar-refractivity contribution in [3.8, 4) is 11.1 Å². The van der Waals surface area contributed by atoms with Gasteiger partial charge in [-0.2, -0.15) is 4.39 Å². The second-order valence-electron chi connectivity index (χ2n) is 5.98. The summed E-state index contributed by atoms with van der Waals surface area (Å²) in [5.74, 6) is -1.51. The summed E-state index contributed by atoms with van der Waals surface area (Å²) in [5.41, 5.74) is 8.77. The van der Waals surface area contributed by atoms with Gasteiger partial charge < -0.3 is 10.7 Å². The molecule has 6 nitrogen and oxygen atoms in total. The fourth-order valence-electron chi connectivity index (χ4n) is 2.79. The predicted octanol–water partition coefficient (Wildman–Crippen LogP) is 3.56. The highest BCUT2D eigenvalue weighted by Gasteiger charge is 2.14. The van der Waals surface area contributed by atoms with E-state index in [0.717, 1.165) is 33.4 Å². The highest BCUT2D eigenvalue weighted by Crippen LogP contribution is 2.26. The number of aromatic nitrogens is 3. The molecule has 0 bridgehead atoms. The van der Waals surface area contributed by atoms with Crippen molar-refractivity contribution in [1.29, 1.82) is 0 Å². The Labute approximate surface area is 162 Å². The summed E-state index contributed by atoms with van der Waals surface area (Å²) in [6, 6.07) is 8.88. The van der Waals surface area contributed by atoms with Gasteiger partial charge in [-0.15, -0.1) is 11.3 Å². The number of amides is 1. The van der Waals surface area contributed by atoms with Crippen molar-refractivity contribution in [2.45, 2.75) is 0 Å². The molecule has 0 fully saturated rings.